The summed E-state index contributed by atoms with van der Waals surface area (Å²) in [6.45, 7) is 5.43. The summed E-state index contributed by atoms with van der Waals surface area (Å²) < 4.78 is 10.9. The molecule has 134 valence electrons. The van der Waals surface area contributed by atoms with E-state index >= 15 is 0 Å². The first-order chi connectivity index (χ1) is 11.4. The maximum absolute atomic E-state index is 11.8. The van der Waals surface area contributed by atoms with Gasteiger partial charge in [-0.25, -0.2) is 4.79 Å². The molecule has 0 aliphatic rings. The Hall–Kier alpha value is -2.12. The summed E-state index contributed by atoms with van der Waals surface area (Å²) in [5, 5.41) is 5.21. The zero-order chi connectivity index (χ0) is 17.9. The van der Waals surface area contributed by atoms with E-state index in [0.717, 1.165) is 5.56 Å². The summed E-state index contributed by atoms with van der Waals surface area (Å²) in [4.78, 5) is 24.6. The number of amides is 3. The van der Waals surface area contributed by atoms with Crippen molar-refractivity contribution in [2.45, 2.75) is 26.6 Å². The van der Waals surface area contributed by atoms with Gasteiger partial charge in [0.15, 0.2) is 0 Å². The van der Waals surface area contributed by atoms with Gasteiger partial charge in [0.2, 0.25) is 5.91 Å². The number of hydrogen-bond donors (Lipinski definition) is 2. The topological polar surface area (TPSA) is 79.9 Å². The zero-order valence-electron chi connectivity index (χ0n) is 14.8. The van der Waals surface area contributed by atoms with E-state index < -0.39 is 6.03 Å². The number of likely N-dealkylation sites (N-methyl/N-ethyl adjacent to an activating group) is 1. The SMILES string of the molecule is CC(C)OCCOCc1cccc(NC(=O)NCC(=O)N(C)C)c1. The molecule has 24 heavy (non-hydrogen) atoms. The van der Waals surface area contributed by atoms with E-state index in [1.165, 1.54) is 4.90 Å². The van der Waals surface area contributed by atoms with Gasteiger partial charge in [0.1, 0.15) is 0 Å². The van der Waals surface area contributed by atoms with Crippen molar-refractivity contribution in [2.24, 2.45) is 0 Å². The third kappa shape index (κ3) is 8.50. The Morgan fingerprint density at radius 3 is 2.62 bits per heavy atom. The van der Waals surface area contributed by atoms with Gasteiger partial charge in [-0.1, -0.05) is 12.1 Å². The van der Waals surface area contributed by atoms with Crippen LogP contribution in [0.5, 0.6) is 0 Å². The summed E-state index contributed by atoms with van der Waals surface area (Å²) in [6.07, 6.45) is 0.194. The minimum atomic E-state index is -0.423. The first-order valence-electron chi connectivity index (χ1n) is 7.91. The highest BCUT2D eigenvalue weighted by atomic mass is 16.5. The number of ether oxygens (including phenoxy) is 2. The summed E-state index contributed by atoms with van der Waals surface area (Å²) >= 11 is 0. The van der Waals surface area contributed by atoms with Crippen LogP contribution in [0.4, 0.5) is 10.5 Å². The van der Waals surface area contributed by atoms with Crippen LogP contribution in [0.2, 0.25) is 0 Å². The largest absolute Gasteiger partial charge is 0.376 e. The Bertz CT molecular complexity index is 532. The number of rotatable bonds is 9. The molecule has 0 unspecified atom stereocenters. The third-order valence-corrected chi connectivity index (χ3v) is 3.03. The minimum absolute atomic E-state index is 0.0442. The second kappa shape index (κ2) is 10.6. The monoisotopic (exact) mass is 337 g/mol. The molecule has 7 heteroatoms. The number of nitrogens with one attached hydrogen (secondary N) is 2. The van der Waals surface area contributed by atoms with Crippen LogP contribution in [-0.4, -0.2) is 56.8 Å². The summed E-state index contributed by atoms with van der Waals surface area (Å²) in [7, 11) is 3.27. The number of carbonyl (C=O) groups excluding carboxylic acids is 2. The van der Waals surface area contributed by atoms with Crippen LogP contribution in [-0.2, 0) is 20.9 Å². The molecule has 1 rings (SSSR count). The van der Waals surface area contributed by atoms with E-state index in [0.29, 0.717) is 25.5 Å². The van der Waals surface area contributed by atoms with E-state index in [2.05, 4.69) is 10.6 Å². The standard InChI is InChI=1S/C17H27N3O4/c1-13(2)24-9-8-23-12-14-6-5-7-15(10-14)19-17(22)18-11-16(21)20(3)4/h5-7,10,13H,8-9,11-12H2,1-4H3,(H2,18,19,22). The van der Waals surface area contributed by atoms with Crippen LogP contribution < -0.4 is 10.6 Å². The van der Waals surface area contributed by atoms with Gasteiger partial charge >= 0.3 is 6.03 Å². The molecule has 0 fully saturated rings. The van der Waals surface area contributed by atoms with E-state index in [9.17, 15) is 9.59 Å². The Morgan fingerprint density at radius 1 is 1.21 bits per heavy atom. The molecule has 1 aromatic rings. The van der Waals surface area contributed by atoms with Crippen LogP contribution in [0.25, 0.3) is 0 Å². The van der Waals surface area contributed by atoms with Crippen molar-refractivity contribution in [3.63, 3.8) is 0 Å². The lowest BCUT2D eigenvalue weighted by molar-refractivity contribution is -0.127. The zero-order valence-corrected chi connectivity index (χ0v) is 14.8. The van der Waals surface area contributed by atoms with E-state index in [1.54, 1.807) is 20.2 Å². The second-order valence-electron chi connectivity index (χ2n) is 5.77. The van der Waals surface area contributed by atoms with Gasteiger partial charge in [0.05, 0.1) is 32.5 Å². The van der Waals surface area contributed by atoms with Crippen molar-refractivity contribution in [3.05, 3.63) is 29.8 Å². The summed E-state index contributed by atoms with van der Waals surface area (Å²) in [5.74, 6) is -0.170. The van der Waals surface area contributed by atoms with Crippen molar-refractivity contribution in [1.29, 1.82) is 0 Å². The van der Waals surface area contributed by atoms with Gasteiger partial charge in [-0.3, -0.25) is 4.79 Å². The maximum Gasteiger partial charge on any atom is 0.319 e. The lowest BCUT2D eigenvalue weighted by atomic mass is 10.2. The fourth-order valence-electron chi connectivity index (χ4n) is 1.76. The summed E-state index contributed by atoms with van der Waals surface area (Å²) in [5.41, 5.74) is 1.59. The van der Waals surface area contributed by atoms with Crippen LogP contribution in [0, 0.1) is 0 Å². The first-order valence-corrected chi connectivity index (χ1v) is 7.91. The average molecular weight is 337 g/mol. The van der Waals surface area contributed by atoms with E-state index in [1.807, 2.05) is 32.0 Å². The van der Waals surface area contributed by atoms with Crippen LogP contribution in [0.3, 0.4) is 0 Å². The molecule has 0 aromatic heterocycles. The number of urea groups is 1. The van der Waals surface area contributed by atoms with Crippen molar-refractivity contribution in [1.82, 2.24) is 10.2 Å². The second-order valence-corrected chi connectivity index (χ2v) is 5.77. The fraction of sp³-hybridized carbons (Fsp3) is 0.529. The molecule has 0 saturated carbocycles. The van der Waals surface area contributed by atoms with Crippen molar-refractivity contribution >= 4 is 17.6 Å². The van der Waals surface area contributed by atoms with Gasteiger partial charge in [-0.2, -0.15) is 0 Å². The van der Waals surface area contributed by atoms with Crippen molar-refractivity contribution in [3.8, 4) is 0 Å². The molecule has 0 spiro atoms. The maximum atomic E-state index is 11.8. The summed E-state index contributed by atoms with van der Waals surface area (Å²) in [6, 6.07) is 6.94. The molecule has 0 radical (unpaired) electrons. The third-order valence-electron chi connectivity index (χ3n) is 3.03. The molecule has 0 saturated heterocycles. The lowest BCUT2D eigenvalue weighted by Gasteiger charge is -2.12. The van der Waals surface area contributed by atoms with Gasteiger partial charge < -0.3 is 25.0 Å². The predicted molar refractivity (Wildman–Crippen MR) is 92.9 cm³/mol. The molecule has 2 N–H and O–H groups in total. The number of anilines is 1. The highest BCUT2D eigenvalue weighted by molar-refractivity contribution is 5.92. The quantitative estimate of drug-likeness (QED) is 0.674. The molecule has 3 amide bonds. The molecule has 0 heterocycles. The van der Waals surface area contributed by atoms with Crippen LogP contribution in [0.1, 0.15) is 19.4 Å². The molecule has 0 aliphatic carbocycles. The molecule has 0 aliphatic heterocycles. The van der Waals surface area contributed by atoms with Crippen molar-refractivity contribution < 1.29 is 19.1 Å². The highest BCUT2D eigenvalue weighted by Gasteiger charge is 2.07. The molecule has 7 nitrogen and oxygen atoms in total. The van der Waals surface area contributed by atoms with Gasteiger partial charge in [0, 0.05) is 19.8 Å². The molecule has 1 aromatic carbocycles. The Labute approximate surface area is 143 Å². The molecule has 0 bridgehead atoms. The Balaban J connectivity index is 2.36. The number of nitrogens with zero attached hydrogens (tertiary/aromatic N) is 1. The van der Waals surface area contributed by atoms with Gasteiger partial charge in [-0.15, -0.1) is 0 Å². The number of hydrogen-bond acceptors (Lipinski definition) is 4. The molecular weight excluding hydrogens is 310 g/mol. The predicted octanol–water partition coefficient (Wildman–Crippen LogP) is 1.84. The van der Waals surface area contributed by atoms with Gasteiger partial charge in [0.25, 0.3) is 0 Å². The highest BCUT2D eigenvalue weighted by Crippen LogP contribution is 2.11. The smallest absolute Gasteiger partial charge is 0.319 e. The average Bonchev–Trinajstić information content (AvgIpc) is 2.52. The van der Waals surface area contributed by atoms with Crippen LogP contribution >= 0.6 is 0 Å². The lowest BCUT2D eigenvalue weighted by Crippen LogP contribution is -2.38. The number of benzene rings is 1. The van der Waals surface area contributed by atoms with Crippen LogP contribution in [0.15, 0.2) is 24.3 Å². The fourth-order valence-corrected chi connectivity index (χ4v) is 1.76. The van der Waals surface area contributed by atoms with E-state index in [4.69, 9.17) is 9.47 Å². The number of carbonyl (C=O) groups is 2. The van der Waals surface area contributed by atoms with Crippen molar-refractivity contribution in [2.75, 3.05) is 39.2 Å². The first kappa shape index (κ1) is 19.9. The Morgan fingerprint density at radius 2 is 1.96 bits per heavy atom. The molecule has 0 atom stereocenters. The molecular formula is C17H27N3O4. The van der Waals surface area contributed by atoms with E-state index in [-0.39, 0.29) is 18.6 Å². The van der Waals surface area contributed by atoms with Gasteiger partial charge in [-0.05, 0) is 31.5 Å². The minimum Gasteiger partial charge on any atom is -0.376 e. The normalized spacial score (nSPS) is 10.5. The Kier molecular flexibility index (Phi) is 8.81.